The molecule has 1 aliphatic rings. The molecule has 0 spiro atoms. The number of aliphatic hydroxyl groups excluding tert-OH is 1. The molecule has 0 aromatic carbocycles. The van der Waals surface area contributed by atoms with E-state index in [1.165, 1.54) is 0 Å². The van der Waals surface area contributed by atoms with Crippen LogP contribution in [-0.4, -0.2) is 45.8 Å². The summed E-state index contributed by atoms with van der Waals surface area (Å²) in [6.07, 6.45) is -1.15. The lowest BCUT2D eigenvalue weighted by Crippen LogP contribution is -2.50. The maximum absolute atomic E-state index is 12.9. The number of H-pyrrole nitrogens is 1. The molecule has 1 fully saturated rings. The first-order chi connectivity index (χ1) is 8.47. The topological polar surface area (TPSA) is 52.1 Å². The van der Waals surface area contributed by atoms with Crippen LogP contribution in [0.25, 0.3) is 0 Å². The van der Waals surface area contributed by atoms with Crippen LogP contribution >= 0.6 is 0 Å². The first kappa shape index (κ1) is 13.4. The van der Waals surface area contributed by atoms with E-state index in [0.717, 1.165) is 5.82 Å². The molecule has 0 aliphatic carbocycles. The van der Waals surface area contributed by atoms with Crippen molar-refractivity contribution in [1.29, 1.82) is 0 Å². The molecule has 0 bridgehead atoms. The lowest BCUT2D eigenvalue weighted by atomic mass is 9.78. The third-order valence-electron chi connectivity index (χ3n) is 3.65. The van der Waals surface area contributed by atoms with E-state index >= 15 is 0 Å². The van der Waals surface area contributed by atoms with Crippen molar-refractivity contribution < 1.29 is 18.3 Å². The molecule has 1 aliphatic heterocycles. The zero-order chi connectivity index (χ0) is 13.2. The molecular weight excluding hydrogens is 247 g/mol. The van der Waals surface area contributed by atoms with Gasteiger partial charge in [-0.2, -0.15) is 13.2 Å². The second kappa shape index (κ2) is 4.89. The van der Waals surface area contributed by atoms with Gasteiger partial charge in [-0.15, -0.1) is 0 Å². The lowest BCUT2D eigenvalue weighted by Gasteiger charge is -2.41. The summed E-state index contributed by atoms with van der Waals surface area (Å²) in [7, 11) is 0. The highest BCUT2D eigenvalue weighted by Gasteiger charge is 2.55. The van der Waals surface area contributed by atoms with Crippen LogP contribution in [0, 0.1) is 5.41 Å². The molecule has 2 heterocycles. The number of aromatic nitrogens is 2. The van der Waals surface area contributed by atoms with Gasteiger partial charge in [0.1, 0.15) is 5.82 Å². The molecule has 2 N–H and O–H groups in total. The smallest absolute Gasteiger partial charge is 0.395 e. The zero-order valence-corrected chi connectivity index (χ0v) is 9.87. The molecule has 0 unspecified atom stereocenters. The average Bonchev–Trinajstić information content (AvgIpc) is 2.81. The predicted octanol–water partition coefficient (Wildman–Crippen LogP) is 1.55. The van der Waals surface area contributed by atoms with Gasteiger partial charge in [0, 0.05) is 12.4 Å². The molecule has 1 aromatic heterocycles. The number of rotatable bonds is 3. The normalized spacial score (nSPS) is 21.1. The van der Waals surface area contributed by atoms with E-state index in [2.05, 4.69) is 9.97 Å². The molecule has 18 heavy (non-hydrogen) atoms. The summed E-state index contributed by atoms with van der Waals surface area (Å²) in [6.45, 7) is 0.332. The Hall–Kier alpha value is -1.08. The molecular formula is C11H16F3N3O. The van der Waals surface area contributed by atoms with Crippen LogP contribution in [0.3, 0.4) is 0 Å². The van der Waals surface area contributed by atoms with E-state index in [1.807, 2.05) is 4.90 Å². The Morgan fingerprint density at radius 2 is 2.06 bits per heavy atom. The fraction of sp³-hybridized carbons (Fsp3) is 0.727. The Bertz CT molecular complexity index is 369. The highest BCUT2D eigenvalue weighted by atomic mass is 19.4. The Kier molecular flexibility index (Phi) is 3.63. The summed E-state index contributed by atoms with van der Waals surface area (Å²) in [5, 5.41) is 9.06. The molecule has 7 heteroatoms. The first-order valence-corrected chi connectivity index (χ1v) is 5.85. The van der Waals surface area contributed by atoms with Crippen LogP contribution in [0.1, 0.15) is 18.7 Å². The maximum atomic E-state index is 12.9. The SMILES string of the molecule is OCC1(C(F)(F)F)CCN(Cc2ncc[nH]2)CC1. The van der Waals surface area contributed by atoms with Crippen LogP contribution in [0.5, 0.6) is 0 Å². The van der Waals surface area contributed by atoms with Gasteiger partial charge in [0.15, 0.2) is 0 Å². The predicted molar refractivity (Wildman–Crippen MR) is 58.7 cm³/mol. The minimum absolute atomic E-state index is 0.0618. The third-order valence-corrected chi connectivity index (χ3v) is 3.65. The van der Waals surface area contributed by atoms with Crippen LogP contribution < -0.4 is 0 Å². The highest BCUT2D eigenvalue weighted by molar-refractivity contribution is 4.93. The van der Waals surface area contributed by atoms with Gasteiger partial charge in [-0.25, -0.2) is 4.98 Å². The number of imidazole rings is 1. The standard InChI is InChI=1S/C11H16F3N3O/c12-11(13,14)10(8-18)1-5-17(6-2-10)7-9-15-3-4-16-9/h3-4,18H,1-2,5-8H2,(H,15,16). The van der Waals surface area contributed by atoms with Crippen molar-refractivity contribution in [3.8, 4) is 0 Å². The fourth-order valence-corrected chi connectivity index (χ4v) is 2.27. The van der Waals surface area contributed by atoms with Gasteiger partial charge in [-0.1, -0.05) is 0 Å². The van der Waals surface area contributed by atoms with E-state index in [-0.39, 0.29) is 12.8 Å². The number of nitrogens with one attached hydrogen (secondary N) is 1. The summed E-state index contributed by atoms with van der Waals surface area (Å²) in [4.78, 5) is 8.89. The quantitative estimate of drug-likeness (QED) is 0.870. The number of hydrogen-bond donors (Lipinski definition) is 2. The molecule has 0 amide bonds. The van der Waals surface area contributed by atoms with Crippen LogP contribution in [0.2, 0.25) is 0 Å². The van der Waals surface area contributed by atoms with E-state index in [1.54, 1.807) is 12.4 Å². The van der Waals surface area contributed by atoms with E-state index in [4.69, 9.17) is 5.11 Å². The number of halogens is 3. The maximum Gasteiger partial charge on any atom is 0.396 e. The van der Waals surface area contributed by atoms with Crippen molar-refractivity contribution in [3.63, 3.8) is 0 Å². The Balaban J connectivity index is 1.94. The number of nitrogens with zero attached hydrogens (tertiary/aromatic N) is 2. The van der Waals surface area contributed by atoms with E-state index < -0.39 is 18.2 Å². The summed E-state index contributed by atoms with van der Waals surface area (Å²) < 4.78 is 38.7. The minimum atomic E-state index is -4.33. The summed E-state index contributed by atoms with van der Waals surface area (Å²) in [5.41, 5.74) is -1.92. The minimum Gasteiger partial charge on any atom is -0.395 e. The number of alkyl halides is 3. The fourth-order valence-electron chi connectivity index (χ4n) is 2.27. The average molecular weight is 263 g/mol. The van der Waals surface area contributed by atoms with E-state index in [9.17, 15) is 13.2 Å². The van der Waals surface area contributed by atoms with Crippen molar-refractivity contribution in [2.24, 2.45) is 5.41 Å². The van der Waals surface area contributed by atoms with Gasteiger partial charge in [0.25, 0.3) is 0 Å². The largest absolute Gasteiger partial charge is 0.396 e. The summed E-state index contributed by atoms with van der Waals surface area (Å²) >= 11 is 0. The van der Waals surface area contributed by atoms with Gasteiger partial charge in [-0.05, 0) is 25.9 Å². The van der Waals surface area contributed by atoms with Crippen LogP contribution in [0.4, 0.5) is 13.2 Å². The summed E-state index contributed by atoms with van der Waals surface area (Å²) in [5.74, 6) is 0.749. The number of hydrogen-bond acceptors (Lipinski definition) is 3. The lowest BCUT2D eigenvalue weighted by molar-refractivity contribution is -0.249. The molecule has 0 radical (unpaired) electrons. The van der Waals surface area contributed by atoms with Gasteiger partial charge in [0.05, 0.1) is 18.6 Å². The van der Waals surface area contributed by atoms with Crippen LogP contribution in [0.15, 0.2) is 12.4 Å². The van der Waals surface area contributed by atoms with Crippen molar-refractivity contribution in [1.82, 2.24) is 14.9 Å². The second-order valence-electron chi connectivity index (χ2n) is 4.75. The molecule has 1 saturated heterocycles. The molecule has 1 aromatic rings. The number of piperidine rings is 1. The van der Waals surface area contributed by atoms with Crippen molar-refractivity contribution in [3.05, 3.63) is 18.2 Å². The van der Waals surface area contributed by atoms with E-state index in [0.29, 0.717) is 19.6 Å². The number of aliphatic hydroxyl groups is 1. The van der Waals surface area contributed by atoms with Gasteiger partial charge in [0.2, 0.25) is 0 Å². The Labute approximate surface area is 103 Å². The van der Waals surface area contributed by atoms with Crippen molar-refractivity contribution in [2.45, 2.75) is 25.6 Å². The van der Waals surface area contributed by atoms with Crippen LogP contribution in [-0.2, 0) is 6.54 Å². The third kappa shape index (κ3) is 2.51. The number of aromatic amines is 1. The van der Waals surface area contributed by atoms with Gasteiger partial charge in [-0.3, -0.25) is 4.90 Å². The van der Waals surface area contributed by atoms with Crippen molar-refractivity contribution >= 4 is 0 Å². The molecule has 102 valence electrons. The highest BCUT2D eigenvalue weighted by Crippen LogP contribution is 2.45. The Morgan fingerprint density at radius 3 is 2.50 bits per heavy atom. The second-order valence-corrected chi connectivity index (χ2v) is 4.75. The molecule has 0 atom stereocenters. The zero-order valence-electron chi connectivity index (χ0n) is 9.87. The monoisotopic (exact) mass is 263 g/mol. The van der Waals surface area contributed by atoms with Gasteiger partial charge >= 0.3 is 6.18 Å². The summed E-state index contributed by atoms with van der Waals surface area (Å²) in [6, 6.07) is 0. The number of likely N-dealkylation sites (tertiary alicyclic amines) is 1. The van der Waals surface area contributed by atoms with Gasteiger partial charge < -0.3 is 10.1 Å². The molecule has 4 nitrogen and oxygen atoms in total. The molecule has 2 rings (SSSR count). The van der Waals surface area contributed by atoms with Crippen molar-refractivity contribution in [2.75, 3.05) is 19.7 Å². The Morgan fingerprint density at radius 1 is 1.39 bits per heavy atom. The molecule has 0 saturated carbocycles. The first-order valence-electron chi connectivity index (χ1n) is 5.85.